The van der Waals surface area contributed by atoms with Gasteiger partial charge in [0.15, 0.2) is 5.78 Å². The van der Waals surface area contributed by atoms with Crippen molar-refractivity contribution in [2.24, 2.45) is 16.7 Å². The molecule has 2 aliphatic carbocycles. The molecule has 17 heavy (non-hydrogen) atoms. The van der Waals surface area contributed by atoms with Crippen molar-refractivity contribution in [2.45, 2.75) is 40.5 Å². The lowest BCUT2D eigenvalue weighted by molar-refractivity contribution is -0.114. The van der Waals surface area contributed by atoms with Crippen molar-refractivity contribution >= 4 is 5.78 Å². The zero-order valence-corrected chi connectivity index (χ0v) is 11.1. The summed E-state index contributed by atoms with van der Waals surface area (Å²) in [6, 6.07) is 0. The predicted molar refractivity (Wildman–Crippen MR) is 66.4 cm³/mol. The molecule has 1 fully saturated rings. The summed E-state index contributed by atoms with van der Waals surface area (Å²) in [6.45, 7) is 9.40. The Morgan fingerprint density at radius 2 is 2.06 bits per heavy atom. The molecule has 2 atom stereocenters. The first-order valence-electron chi connectivity index (χ1n) is 6.47. The van der Waals surface area contributed by atoms with E-state index in [0.29, 0.717) is 5.92 Å². The zero-order chi connectivity index (χ0) is 12.4. The molecule has 0 aromatic heterocycles. The van der Waals surface area contributed by atoms with E-state index in [1.807, 2.05) is 6.92 Å². The highest BCUT2D eigenvalue weighted by Gasteiger charge is 2.54. The monoisotopic (exact) mass is 232 g/mol. The van der Waals surface area contributed by atoms with Gasteiger partial charge in [0.1, 0.15) is 5.76 Å². The molecule has 1 saturated heterocycles. The van der Waals surface area contributed by atoms with Crippen LogP contribution in [0.5, 0.6) is 0 Å². The van der Waals surface area contributed by atoms with Gasteiger partial charge in [-0.05, 0) is 25.2 Å². The summed E-state index contributed by atoms with van der Waals surface area (Å²) < 4.78 is 5.75. The number of Topliss-reactive ketones (excluding diaryl/α,β-unsaturated/α-hetero) is 1. The fourth-order valence-electron chi connectivity index (χ4n) is 3.84. The Labute approximate surface area is 103 Å². The number of carbonyl (C=O) groups is 1. The van der Waals surface area contributed by atoms with Gasteiger partial charge in [-0.1, -0.05) is 26.8 Å². The van der Waals surface area contributed by atoms with Crippen molar-refractivity contribution in [1.29, 1.82) is 0 Å². The minimum atomic E-state index is 0.0671. The predicted octanol–water partition coefficient (Wildman–Crippen LogP) is 3.24. The van der Waals surface area contributed by atoms with Crippen LogP contribution in [-0.2, 0) is 9.53 Å². The van der Waals surface area contributed by atoms with Crippen LogP contribution in [0.25, 0.3) is 0 Å². The van der Waals surface area contributed by atoms with Crippen LogP contribution in [0.1, 0.15) is 40.5 Å². The molecule has 1 aliphatic heterocycles. The van der Waals surface area contributed by atoms with E-state index in [9.17, 15) is 4.79 Å². The zero-order valence-electron chi connectivity index (χ0n) is 11.1. The Kier molecular flexibility index (Phi) is 1.98. The number of ether oxygens (including phenoxy) is 1. The maximum atomic E-state index is 12.4. The summed E-state index contributed by atoms with van der Waals surface area (Å²) in [6.07, 6.45) is 4.32. The van der Waals surface area contributed by atoms with Crippen LogP contribution in [0.3, 0.4) is 0 Å². The topological polar surface area (TPSA) is 26.3 Å². The van der Waals surface area contributed by atoms with Gasteiger partial charge in [-0.15, -0.1) is 0 Å². The molecule has 3 rings (SSSR count). The number of fused-ring (bicyclic) bond motifs is 3. The standard InChI is InChI=1S/C15H20O2/c1-9-12(16)10-7-14(2,3)8-11(10)15(4)5-6-17-13(9)15/h7,11H,5-6,8H2,1-4H3. The van der Waals surface area contributed by atoms with E-state index in [-0.39, 0.29) is 16.6 Å². The average molecular weight is 232 g/mol. The van der Waals surface area contributed by atoms with Crippen molar-refractivity contribution in [1.82, 2.24) is 0 Å². The number of rotatable bonds is 0. The smallest absolute Gasteiger partial charge is 0.188 e. The highest BCUT2D eigenvalue weighted by atomic mass is 16.5. The summed E-state index contributed by atoms with van der Waals surface area (Å²) in [5, 5.41) is 0. The number of allylic oxidation sites excluding steroid dienone is 4. The first-order chi connectivity index (χ1) is 7.85. The van der Waals surface area contributed by atoms with Gasteiger partial charge < -0.3 is 4.74 Å². The second-order valence-electron chi connectivity index (χ2n) is 6.64. The third-order valence-corrected chi connectivity index (χ3v) is 4.75. The van der Waals surface area contributed by atoms with Gasteiger partial charge >= 0.3 is 0 Å². The highest BCUT2D eigenvalue weighted by Crippen LogP contribution is 2.58. The maximum absolute atomic E-state index is 12.4. The van der Waals surface area contributed by atoms with Crippen molar-refractivity contribution in [3.05, 3.63) is 23.0 Å². The molecular weight excluding hydrogens is 212 g/mol. The minimum Gasteiger partial charge on any atom is -0.497 e. The molecule has 92 valence electrons. The van der Waals surface area contributed by atoms with Gasteiger partial charge in [-0.25, -0.2) is 0 Å². The summed E-state index contributed by atoms with van der Waals surface area (Å²) in [7, 11) is 0. The highest BCUT2D eigenvalue weighted by molar-refractivity contribution is 6.10. The minimum absolute atomic E-state index is 0.0671. The van der Waals surface area contributed by atoms with Crippen molar-refractivity contribution in [2.75, 3.05) is 6.61 Å². The largest absolute Gasteiger partial charge is 0.497 e. The molecule has 0 spiro atoms. The Balaban J connectivity index is 2.18. The van der Waals surface area contributed by atoms with Crippen LogP contribution in [0.15, 0.2) is 23.0 Å². The van der Waals surface area contributed by atoms with Crippen molar-refractivity contribution in [3.8, 4) is 0 Å². The van der Waals surface area contributed by atoms with Gasteiger partial charge in [0.2, 0.25) is 0 Å². The van der Waals surface area contributed by atoms with E-state index in [4.69, 9.17) is 4.74 Å². The van der Waals surface area contributed by atoms with Crippen LogP contribution < -0.4 is 0 Å². The van der Waals surface area contributed by atoms with Gasteiger partial charge in [0.25, 0.3) is 0 Å². The molecule has 0 radical (unpaired) electrons. The fourth-order valence-corrected chi connectivity index (χ4v) is 3.84. The molecule has 2 unspecified atom stereocenters. The van der Waals surface area contributed by atoms with Gasteiger partial charge in [-0.3, -0.25) is 4.79 Å². The van der Waals surface area contributed by atoms with Crippen LogP contribution in [0, 0.1) is 16.7 Å². The molecule has 0 bridgehead atoms. The van der Waals surface area contributed by atoms with Crippen LogP contribution in [0.4, 0.5) is 0 Å². The van der Waals surface area contributed by atoms with Gasteiger partial charge in [-0.2, -0.15) is 0 Å². The summed E-state index contributed by atoms with van der Waals surface area (Å²) in [5.74, 6) is 1.56. The quantitative estimate of drug-likeness (QED) is 0.641. The molecular formula is C15H20O2. The number of hydrogen-bond acceptors (Lipinski definition) is 2. The average Bonchev–Trinajstić information content (AvgIpc) is 2.77. The SMILES string of the molecule is CC1=C2OCCC2(C)C2CC(C)(C)C=C2C1=O. The second-order valence-corrected chi connectivity index (χ2v) is 6.64. The summed E-state index contributed by atoms with van der Waals surface area (Å²) in [5.41, 5.74) is 2.10. The summed E-state index contributed by atoms with van der Waals surface area (Å²) in [4.78, 5) is 12.4. The Bertz CT molecular complexity index is 467. The molecule has 0 amide bonds. The maximum Gasteiger partial charge on any atom is 0.188 e. The molecule has 2 nitrogen and oxygen atoms in total. The first-order valence-corrected chi connectivity index (χ1v) is 6.47. The van der Waals surface area contributed by atoms with Crippen LogP contribution in [0.2, 0.25) is 0 Å². The second kappa shape index (κ2) is 3.04. The molecule has 2 heteroatoms. The molecule has 0 aromatic carbocycles. The third-order valence-electron chi connectivity index (χ3n) is 4.75. The normalized spacial score (nSPS) is 38.7. The molecule has 0 N–H and O–H groups in total. The lowest BCUT2D eigenvalue weighted by atomic mass is 9.64. The number of ketones is 1. The van der Waals surface area contributed by atoms with Crippen molar-refractivity contribution < 1.29 is 9.53 Å². The Morgan fingerprint density at radius 3 is 2.76 bits per heavy atom. The van der Waals surface area contributed by atoms with E-state index in [1.165, 1.54) is 0 Å². The molecule has 0 aromatic rings. The Hall–Kier alpha value is -1.05. The molecule has 0 saturated carbocycles. The van der Waals surface area contributed by atoms with E-state index >= 15 is 0 Å². The van der Waals surface area contributed by atoms with Crippen molar-refractivity contribution in [3.63, 3.8) is 0 Å². The van der Waals surface area contributed by atoms with Gasteiger partial charge in [0.05, 0.1) is 6.61 Å². The Morgan fingerprint density at radius 1 is 1.35 bits per heavy atom. The number of hydrogen-bond donors (Lipinski definition) is 0. The van der Waals surface area contributed by atoms with Gasteiger partial charge in [0, 0.05) is 22.5 Å². The van der Waals surface area contributed by atoms with E-state index in [2.05, 4.69) is 26.8 Å². The molecule has 3 aliphatic rings. The number of carbonyl (C=O) groups excluding carboxylic acids is 1. The van der Waals surface area contributed by atoms with E-state index in [1.54, 1.807) is 0 Å². The van der Waals surface area contributed by atoms with Crippen LogP contribution >= 0.6 is 0 Å². The van der Waals surface area contributed by atoms with E-state index in [0.717, 1.165) is 36.4 Å². The van der Waals surface area contributed by atoms with E-state index < -0.39 is 0 Å². The lowest BCUT2D eigenvalue weighted by Crippen LogP contribution is -2.35. The summed E-state index contributed by atoms with van der Waals surface area (Å²) >= 11 is 0. The first kappa shape index (κ1) is 11.1. The van der Waals surface area contributed by atoms with Crippen LogP contribution in [-0.4, -0.2) is 12.4 Å². The molecule has 1 heterocycles. The lowest BCUT2D eigenvalue weighted by Gasteiger charge is -2.37. The third kappa shape index (κ3) is 1.30. The fraction of sp³-hybridized carbons (Fsp3) is 0.667.